The summed E-state index contributed by atoms with van der Waals surface area (Å²) in [4.78, 5) is 22.2. The standard InChI is InChI=1S/C18H22Cl2O4/c19-14-8-7-12(16(20)11-14)5-3-1-2-4-6-15-9-13(10-17(21)22)18(23)24-15/h7-8,11,13,15H,1-6,9-10H2,(H,21,22)/t13-,15-/m1/s1. The quantitative estimate of drug-likeness (QED) is 0.494. The van der Waals surface area contributed by atoms with Gasteiger partial charge in [-0.2, -0.15) is 0 Å². The normalized spacial score (nSPS) is 20.2. The van der Waals surface area contributed by atoms with Crippen molar-refractivity contribution in [2.45, 2.75) is 57.5 Å². The highest BCUT2D eigenvalue weighted by atomic mass is 35.5. The molecule has 1 aliphatic rings. The molecule has 1 N–H and O–H groups in total. The van der Waals surface area contributed by atoms with Crippen LogP contribution in [0.15, 0.2) is 18.2 Å². The monoisotopic (exact) mass is 372 g/mol. The van der Waals surface area contributed by atoms with Crippen LogP contribution in [0.2, 0.25) is 10.0 Å². The molecule has 4 nitrogen and oxygen atoms in total. The maximum Gasteiger partial charge on any atom is 0.309 e. The van der Waals surface area contributed by atoms with E-state index >= 15 is 0 Å². The van der Waals surface area contributed by atoms with Crippen molar-refractivity contribution in [3.8, 4) is 0 Å². The molecule has 1 aliphatic heterocycles. The van der Waals surface area contributed by atoms with Crippen LogP contribution < -0.4 is 0 Å². The second-order valence-electron chi connectivity index (χ2n) is 6.28. The van der Waals surface area contributed by atoms with Crippen molar-refractivity contribution >= 4 is 35.1 Å². The summed E-state index contributed by atoms with van der Waals surface area (Å²) in [5.74, 6) is -1.78. The molecule has 1 fully saturated rings. The summed E-state index contributed by atoms with van der Waals surface area (Å²) < 4.78 is 5.25. The van der Waals surface area contributed by atoms with Crippen molar-refractivity contribution in [1.29, 1.82) is 0 Å². The lowest BCUT2D eigenvalue weighted by Gasteiger charge is -2.09. The summed E-state index contributed by atoms with van der Waals surface area (Å²) >= 11 is 12.0. The van der Waals surface area contributed by atoms with Gasteiger partial charge in [-0.1, -0.05) is 42.1 Å². The fourth-order valence-corrected chi connectivity index (χ4v) is 3.54. The predicted molar refractivity (Wildman–Crippen MR) is 93.5 cm³/mol. The SMILES string of the molecule is O=C(O)C[C@H]1C[C@@H](CCCCCCc2ccc(Cl)cc2Cl)OC1=O. The van der Waals surface area contributed by atoms with Gasteiger partial charge in [0.15, 0.2) is 0 Å². The number of esters is 1. The number of aryl methyl sites for hydroxylation is 1. The van der Waals surface area contributed by atoms with Gasteiger partial charge in [0, 0.05) is 10.0 Å². The molecule has 1 aromatic rings. The second-order valence-corrected chi connectivity index (χ2v) is 7.12. The molecule has 0 radical (unpaired) electrons. The molecule has 0 spiro atoms. The fraction of sp³-hybridized carbons (Fsp3) is 0.556. The third-order valence-electron chi connectivity index (χ3n) is 4.32. The van der Waals surface area contributed by atoms with E-state index in [1.54, 1.807) is 6.07 Å². The summed E-state index contributed by atoms with van der Waals surface area (Å²) in [5, 5.41) is 10.1. The van der Waals surface area contributed by atoms with Gasteiger partial charge in [0.25, 0.3) is 0 Å². The zero-order chi connectivity index (χ0) is 17.5. The van der Waals surface area contributed by atoms with E-state index in [9.17, 15) is 9.59 Å². The minimum Gasteiger partial charge on any atom is -0.481 e. The molecule has 0 aliphatic carbocycles. The Morgan fingerprint density at radius 3 is 2.67 bits per heavy atom. The van der Waals surface area contributed by atoms with E-state index in [4.69, 9.17) is 33.0 Å². The highest BCUT2D eigenvalue weighted by Gasteiger charge is 2.35. The average Bonchev–Trinajstić information content (AvgIpc) is 2.84. The highest BCUT2D eigenvalue weighted by molar-refractivity contribution is 6.35. The summed E-state index contributed by atoms with van der Waals surface area (Å²) in [6, 6.07) is 5.58. The number of rotatable bonds is 9. The molecule has 132 valence electrons. The third kappa shape index (κ3) is 5.99. The Balaban J connectivity index is 1.59. The minimum atomic E-state index is -0.946. The molecule has 0 saturated carbocycles. The number of halogens is 2. The summed E-state index contributed by atoms with van der Waals surface area (Å²) in [5.41, 5.74) is 1.11. The van der Waals surface area contributed by atoms with Gasteiger partial charge >= 0.3 is 11.9 Å². The first-order valence-electron chi connectivity index (χ1n) is 8.32. The van der Waals surface area contributed by atoms with Gasteiger partial charge < -0.3 is 9.84 Å². The summed E-state index contributed by atoms with van der Waals surface area (Å²) in [6.07, 6.45) is 6.19. The molecule has 1 aromatic carbocycles. The van der Waals surface area contributed by atoms with Crippen molar-refractivity contribution in [3.05, 3.63) is 33.8 Å². The Morgan fingerprint density at radius 2 is 1.96 bits per heavy atom. The molecule has 2 rings (SSSR count). The van der Waals surface area contributed by atoms with E-state index in [2.05, 4.69) is 0 Å². The largest absolute Gasteiger partial charge is 0.481 e. The molecule has 1 saturated heterocycles. The fourth-order valence-electron chi connectivity index (χ4n) is 3.04. The van der Waals surface area contributed by atoms with Crippen LogP contribution in [-0.2, 0) is 20.7 Å². The van der Waals surface area contributed by atoms with Crippen LogP contribution in [0.25, 0.3) is 0 Å². The van der Waals surface area contributed by atoms with Crippen molar-refractivity contribution < 1.29 is 19.4 Å². The number of hydrogen-bond acceptors (Lipinski definition) is 3. The Bertz CT molecular complexity index is 588. The third-order valence-corrected chi connectivity index (χ3v) is 4.91. The first-order valence-corrected chi connectivity index (χ1v) is 9.07. The van der Waals surface area contributed by atoms with Gasteiger partial charge in [-0.05, 0) is 49.8 Å². The van der Waals surface area contributed by atoms with E-state index in [1.807, 2.05) is 12.1 Å². The summed E-state index contributed by atoms with van der Waals surface area (Å²) in [6.45, 7) is 0. The van der Waals surface area contributed by atoms with E-state index in [0.717, 1.165) is 44.1 Å². The number of carboxylic acids is 1. The number of carboxylic acid groups (broad SMARTS) is 1. The topological polar surface area (TPSA) is 63.6 Å². The number of unbranched alkanes of at least 4 members (excludes halogenated alkanes) is 3. The van der Waals surface area contributed by atoms with Gasteiger partial charge in [0.1, 0.15) is 6.10 Å². The van der Waals surface area contributed by atoms with Crippen LogP contribution in [0.4, 0.5) is 0 Å². The molecular formula is C18H22Cl2O4. The number of hydrogen-bond donors (Lipinski definition) is 1. The highest BCUT2D eigenvalue weighted by Crippen LogP contribution is 2.28. The molecule has 0 bridgehead atoms. The van der Waals surface area contributed by atoms with E-state index in [0.29, 0.717) is 16.5 Å². The lowest BCUT2D eigenvalue weighted by molar-refractivity contribution is -0.148. The predicted octanol–water partition coefficient (Wildman–Crippen LogP) is 4.89. The van der Waals surface area contributed by atoms with E-state index in [-0.39, 0.29) is 18.5 Å². The Hall–Kier alpha value is -1.26. The molecule has 0 aromatic heterocycles. The van der Waals surface area contributed by atoms with E-state index in [1.165, 1.54) is 0 Å². The van der Waals surface area contributed by atoms with Crippen LogP contribution >= 0.6 is 23.2 Å². The van der Waals surface area contributed by atoms with Crippen molar-refractivity contribution in [3.63, 3.8) is 0 Å². The smallest absolute Gasteiger partial charge is 0.309 e. The van der Waals surface area contributed by atoms with Gasteiger partial charge in [-0.15, -0.1) is 0 Å². The lowest BCUT2D eigenvalue weighted by Crippen LogP contribution is -2.12. The number of benzene rings is 1. The van der Waals surface area contributed by atoms with Crippen LogP contribution in [0.3, 0.4) is 0 Å². The van der Waals surface area contributed by atoms with Crippen molar-refractivity contribution in [2.75, 3.05) is 0 Å². The van der Waals surface area contributed by atoms with Gasteiger partial charge in [0.2, 0.25) is 0 Å². The van der Waals surface area contributed by atoms with Crippen LogP contribution in [0.5, 0.6) is 0 Å². The number of ether oxygens (including phenoxy) is 1. The van der Waals surface area contributed by atoms with Crippen LogP contribution in [0, 0.1) is 5.92 Å². The Morgan fingerprint density at radius 1 is 1.21 bits per heavy atom. The summed E-state index contributed by atoms with van der Waals surface area (Å²) in [7, 11) is 0. The van der Waals surface area contributed by atoms with E-state index < -0.39 is 11.9 Å². The first-order chi connectivity index (χ1) is 11.5. The zero-order valence-electron chi connectivity index (χ0n) is 13.5. The van der Waals surface area contributed by atoms with Gasteiger partial charge in [0.05, 0.1) is 12.3 Å². The van der Waals surface area contributed by atoms with Gasteiger partial charge in [-0.3, -0.25) is 9.59 Å². The lowest BCUT2D eigenvalue weighted by atomic mass is 9.98. The van der Waals surface area contributed by atoms with Crippen molar-refractivity contribution in [2.24, 2.45) is 5.92 Å². The molecule has 0 unspecified atom stereocenters. The maximum atomic E-state index is 11.6. The minimum absolute atomic E-state index is 0.118. The molecular weight excluding hydrogens is 351 g/mol. The number of carbonyl (C=O) groups excluding carboxylic acids is 1. The number of aliphatic carboxylic acids is 1. The molecule has 1 heterocycles. The van der Waals surface area contributed by atoms with Gasteiger partial charge in [-0.25, -0.2) is 0 Å². The maximum absolute atomic E-state index is 11.6. The second kappa shape index (κ2) is 9.28. The van der Waals surface area contributed by atoms with Crippen LogP contribution in [-0.4, -0.2) is 23.1 Å². The average molecular weight is 373 g/mol. The Kier molecular flexibility index (Phi) is 7.38. The molecule has 2 atom stereocenters. The zero-order valence-corrected chi connectivity index (χ0v) is 15.0. The molecule has 6 heteroatoms. The Labute approximate surface area is 152 Å². The van der Waals surface area contributed by atoms with Crippen molar-refractivity contribution in [1.82, 2.24) is 0 Å². The molecule has 24 heavy (non-hydrogen) atoms. The number of cyclic esters (lactones) is 1. The first kappa shape index (κ1) is 19.1. The number of carbonyl (C=O) groups is 2. The molecule has 0 amide bonds. The van der Waals surface area contributed by atoms with Crippen LogP contribution in [0.1, 0.15) is 50.5 Å².